The van der Waals surface area contributed by atoms with Crippen LogP contribution in [-0.2, 0) is 16.1 Å². The summed E-state index contributed by atoms with van der Waals surface area (Å²) >= 11 is 0. The minimum atomic E-state index is -0.717. The molecule has 0 aliphatic carbocycles. The van der Waals surface area contributed by atoms with E-state index in [1.807, 2.05) is 36.4 Å². The van der Waals surface area contributed by atoms with E-state index in [1.165, 1.54) is 18.2 Å². The SMILES string of the molecule is C=CCOC(=O)NCCC[C@H]1/C(=C/O)N(CC(c2ccccc2)c2ccccc2)C[C@H]2N1C(=O)CN(C)N2C(=O)NCc1ccc(F)cc1. The second-order valence-electron chi connectivity index (χ2n) is 12.0. The van der Waals surface area contributed by atoms with Gasteiger partial charge in [0.05, 0.1) is 24.8 Å². The Hall–Kier alpha value is -5.36. The van der Waals surface area contributed by atoms with Crippen LogP contribution < -0.4 is 10.6 Å². The number of halogens is 1. The first kappa shape index (κ1) is 35.0. The van der Waals surface area contributed by atoms with Gasteiger partial charge in [-0.25, -0.2) is 24.0 Å². The van der Waals surface area contributed by atoms with Crippen molar-refractivity contribution in [3.05, 3.63) is 132 Å². The Bertz CT molecular complexity index is 1570. The number of aliphatic hydroxyl groups excluding tert-OH is 1. The van der Waals surface area contributed by atoms with Crippen molar-refractivity contribution in [2.24, 2.45) is 0 Å². The number of nitrogens with one attached hydrogen (secondary N) is 2. The molecule has 0 radical (unpaired) electrons. The van der Waals surface area contributed by atoms with Crippen molar-refractivity contribution in [1.82, 2.24) is 30.5 Å². The molecule has 49 heavy (non-hydrogen) atoms. The first-order chi connectivity index (χ1) is 23.8. The summed E-state index contributed by atoms with van der Waals surface area (Å²) in [7, 11) is 1.69. The van der Waals surface area contributed by atoms with Gasteiger partial charge in [0.15, 0.2) is 0 Å². The lowest BCUT2D eigenvalue weighted by Crippen LogP contribution is -2.74. The van der Waals surface area contributed by atoms with Crippen molar-refractivity contribution >= 4 is 18.0 Å². The number of fused-ring (bicyclic) bond motifs is 1. The third-order valence-corrected chi connectivity index (χ3v) is 8.81. The molecule has 12 heteroatoms. The first-order valence-electron chi connectivity index (χ1n) is 16.3. The van der Waals surface area contributed by atoms with Crippen molar-refractivity contribution in [3.63, 3.8) is 0 Å². The number of hydrogen-bond donors (Lipinski definition) is 3. The molecule has 2 aliphatic heterocycles. The van der Waals surface area contributed by atoms with E-state index in [1.54, 1.807) is 34.1 Å². The highest BCUT2D eigenvalue weighted by atomic mass is 19.1. The number of likely N-dealkylation sites (N-methyl/N-ethyl adjacent to an activating group) is 1. The van der Waals surface area contributed by atoms with Gasteiger partial charge in [0, 0.05) is 32.6 Å². The van der Waals surface area contributed by atoms with Gasteiger partial charge in [-0.15, -0.1) is 0 Å². The molecule has 3 aromatic carbocycles. The van der Waals surface area contributed by atoms with E-state index < -0.39 is 24.3 Å². The summed E-state index contributed by atoms with van der Waals surface area (Å²) in [5.41, 5.74) is 3.44. The van der Waals surface area contributed by atoms with Crippen LogP contribution in [0.25, 0.3) is 0 Å². The van der Waals surface area contributed by atoms with Gasteiger partial charge in [-0.3, -0.25) is 4.79 Å². The molecule has 2 aliphatic rings. The predicted molar refractivity (Wildman–Crippen MR) is 183 cm³/mol. The third-order valence-electron chi connectivity index (χ3n) is 8.81. The number of urea groups is 1. The topological polar surface area (TPSA) is 118 Å². The summed E-state index contributed by atoms with van der Waals surface area (Å²) in [4.78, 5) is 43.4. The Morgan fingerprint density at radius 1 is 1.02 bits per heavy atom. The Morgan fingerprint density at radius 2 is 1.67 bits per heavy atom. The van der Waals surface area contributed by atoms with E-state index in [4.69, 9.17) is 4.74 Å². The van der Waals surface area contributed by atoms with Gasteiger partial charge in [-0.1, -0.05) is 85.5 Å². The zero-order chi connectivity index (χ0) is 34.8. The van der Waals surface area contributed by atoms with E-state index >= 15 is 0 Å². The fourth-order valence-corrected chi connectivity index (χ4v) is 6.52. The highest BCUT2D eigenvalue weighted by Crippen LogP contribution is 2.36. The van der Waals surface area contributed by atoms with Crippen molar-refractivity contribution in [2.75, 3.05) is 39.8 Å². The zero-order valence-corrected chi connectivity index (χ0v) is 27.6. The standard InChI is InChI=1S/C37H43FN6O5/c1-3-21-49-37(48)39-20-10-15-32-33(26-45)42(23-31(28-11-6-4-7-12-28)29-13-8-5-9-14-29)24-34-43(32)35(46)25-41(2)44(34)36(47)40-22-27-16-18-30(38)19-17-27/h3-9,11-14,16-19,26,31-32,34,45H,1,10,15,20-25H2,2H3,(H,39,48)(H,40,47)/b33-26-/t32-,34-/m0/s1. The lowest BCUT2D eigenvalue weighted by molar-refractivity contribution is -0.175. The van der Waals surface area contributed by atoms with Crippen LogP contribution in [0.15, 0.2) is 110 Å². The molecule has 0 unspecified atom stereocenters. The maximum Gasteiger partial charge on any atom is 0.407 e. The van der Waals surface area contributed by atoms with Crippen molar-refractivity contribution in [3.8, 4) is 0 Å². The fraction of sp³-hybridized carbons (Fsp3) is 0.324. The van der Waals surface area contributed by atoms with Crippen molar-refractivity contribution in [1.29, 1.82) is 0 Å². The van der Waals surface area contributed by atoms with Crippen LogP contribution in [0.1, 0.15) is 35.4 Å². The second kappa shape index (κ2) is 16.6. The molecule has 2 saturated heterocycles. The maximum absolute atomic E-state index is 13.9. The van der Waals surface area contributed by atoms with Gasteiger partial charge in [0.1, 0.15) is 24.9 Å². The molecule has 2 atom stereocenters. The van der Waals surface area contributed by atoms with Gasteiger partial charge in [0.2, 0.25) is 5.91 Å². The zero-order valence-electron chi connectivity index (χ0n) is 27.6. The van der Waals surface area contributed by atoms with Crippen LogP contribution in [0.2, 0.25) is 0 Å². The van der Waals surface area contributed by atoms with Gasteiger partial charge < -0.3 is 30.3 Å². The molecule has 5 rings (SSSR count). The van der Waals surface area contributed by atoms with Crippen molar-refractivity contribution in [2.45, 2.75) is 37.5 Å². The summed E-state index contributed by atoms with van der Waals surface area (Å²) in [6.45, 7) is 4.69. The summed E-state index contributed by atoms with van der Waals surface area (Å²) in [5, 5.41) is 19.6. The Labute approximate surface area is 286 Å². The van der Waals surface area contributed by atoms with Gasteiger partial charge in [-0.2, -0.15) is 0 Å². The Kier molecular flexibility index (Phi) is 11.9. The van der Waals surface area contributed by atoms with Crippen LogP contribution in [0.3, 0.4) is 0 Å². The van der Waals surface area contributed by atoms with Crippen LogP contribution in [0.4, 0.5) is 14.0 Å². The molecule has 11 nitrogen and oxygen atoms in total. The molecule has 3 aromatic rings. The largest absolute Gasteiger partial charge is 0.514 e. The Balaban J connectivity index is 1.45. The number of carbonyl (C=O) groups is 3. The quantitative estimate of drug-likeness (QED) is 0.142. The van der Waals surface area contributed by atoms with E-state index in [0.29, 0.717) is 25.1 Å². The monoisotopic (exact) mass is 670 g/mol. The highest BCUT2D eigenvalue weighted by Gasteiger charge is 2.49. The molecule has 0 spiro atoms. The molecular formula is C37H43FN6O5. The number of benzene rings is 3. The van der Waals surface area contributed by atoms with E-state index in [0.717, 1.165) is 23.0 Å². The third kappa shape index (κ3) is 8.57. The lowest BCUT2D eigenvalue weighted by Gasteiger charge is -2.56. The molecule has 4 amide bonds. The van der Waals surface area contributed by atoms with E-state index in [9.17, 15) is 23.9 Å². The van der Waals surface area contributed by atoms with E-state index in [-0.39, 0.29) is 50.4 Å². The number of amides is 4. The number of piperazine rings is 1. The van der Waals surface area contributed by atoms with Crippen molar-refractivity contribution < 1.29 is 28.6 Å². The minimum Gasteiger partial charge on any atom is -0.514 e. The number of nitrogens with zero attached hydrogens (tertiary/aromatic N) is 4. The number of ether oxygens (including phenoxy) is 1. The average molecular weight is 671 g/mol. The number of aliphatic hydroxyl groups is 1. The van der Waals surface area contributed by atoms with Gasteiger partial charge in [0.25, 0.3) is 0 Å². The highest BCUT2D eigenvalue weighted by molar-refractivity contribution is 5.83. The van der Waals surface area contributed by atoms with Crippen LogP contribution in [-0.4, -0.2) is 95.0 Å². The smallest absolute Gasteiger partial charge is 0.407 e. The molecular weight excluding hydrogens is 627 g/mol. The van der Waals surface area contributed by atoms with Crippen LogP contribution in [0, 0.1) is 5.82 Å². The average Bonchev–Trinajstić information content (AvgIpc) is 3.11. The lowest BCUT2D eigenvalue weighted by atomic mass is 9.89. The summed E-state index contributed by atoms with van der Waals surface area (Å²) in [6, 6.07) is 25.0. The number of hydrazine groups is 1. The maximum atomic E-state index is 13.9. The predicted octanol–water partition coefficient (Wildman–Crippen LogP) is 4.96. The van der Waals surface area contributed by atoms with Gasteiger partial charge >= 0.3 is 12.1 Å². The van der Waals surface area contributed by atoms with Crippen LogP contribution in [0.5, 0.6) is 0 Å². The molecule has 258 valence electrons. The molecule has 0 aromatic heterocycles. The Morgan fingerprint density at radius 3 is 2.29 bits per heavy atom. The number of alkyl carbamates (subject to hydrolysis) is 1. The fourth-order valence-electron chi connectivity index (χ4n) is 6.52. The summed E-state index contributed by atoms with van der Waals surface area (Å²) in [5.74, 6) is -0.655. The van der Waals surface area contributed by atoms with E-state index in [2.05, 4.69) is 46.4 Å². The number of rotatable bonds is 12. The molecule has 2 heterocycles. The first-order valence-corrected chi connectivity index (χ1v) is 16.3. The number of carbonyl (C=O) groups excluding carboxylic acids is 3. The summed E-state index contributed by atoms with van der Waals surface area (Å²) in [6.07, 6.45) is 2.10. The number of hydrogen-bond acceptors (Lipinski definition) is 7. The molecule has 3 N–H and O–H groups in total. The minimum absolute atomic E-state index is 0.0571. The normalized spacial score (nSPS) is 18.7. The molecule has 2 fully saturated rings. The summed E-state index contributed by atoms with van der Waals surface area (Å²) < 4.78 is 18.5. The molecule has 0 saturated carbocycles. The molecule has 0 bridgehead atoms. The second-order valence-corrected chi connectivity index (χ2v) is 12.0. The van der Waals surface area contributed by atoms with Crippen LogP contribution >= 0.6 is 0 Å². The van der Waals surface area contributed by atoms with Gasteiger partial charge in [-0.05, 0) is 41.7 Å².